The van der Waals surface area contributed by atoms with Crippen LogP contribution in [0, 0.1) is 5.82 Å². The van der Waals surface area contributed by atoms with E-state index >= 15 is 0 Å². The lowest BCUT2D eigenvalue weighted by molar-refractivity contribution is -0.111. The van der Waals surface area contributed by atoms with E-state index in [-0.39, 0.29) is 5.82 Å². The highest BCUT2D eigenvalue weighted by molar-refractivity contribution is 7.99. The SMILES string of the molecule is O=C(/C=C/c1ccc(F)cc1)Nc1ccccc1SCC(F)(F)F. The van der Waals surface area contributed by atoms with Gasteiger partial charge in [-0.3, -0.25) is 4.79 Å². The van der Waals surface area contributed by atoms with E-state index in [0.717, 1.165) is 0 Å². The zero-order valence-electron chi connectivity index (χ0n) is 12.3. The van der Waals surface area contributed by atoms with Gasteiger partial charge in [0, 0.05) is 11.0 Å². The monoisotopic (exact) mass is 355 g/mol. The predicted octanol–water partition coefficient (Wildman–Crippen LogP) is 5.13. The first-order chi connectivity index (χ1) is 11.3. The maximum Gasteiger partial charge on any atom is 0.398 e. The van der Waals surface area contributed by atoms with Crippen molar-refractivity contribution in [3.05, 3.63) is 66.0 Å². The fourth-order valence-electron chi connectivity index (χ4n) is 1.78. The van der Waals surface area contributed by atoms with E-state index in [4.69, 9.17) is 0 Å². The first kappa shape index (κ1) is 18.1. The third-order valence-corrected chi connectivity index (χ3v) is 3.97. The summed E-state index contributed by atoms with van der Waals surface area (Å²) in [7, 11) is 0. The largest absolute Gasteiger partial charge is 0.398 e. The smallest absolute Gasteiger partial charge is 0.321 e. The molecule has 2 aromatic rings. The number of halogens is 4. The van der Waals surface area contributed by atoms with Gasteiger partial charge >= 0.3 is 6.18 Å². The van der Waals surface area contributed by atoms with Crippen LogP contribution in [-0.4, -0.2) is 17.8 Å². The van der Waals surface area contributed by atoms with Crippen molar-refractivity contribution in [1.82, 2.24) is 0 Å². The van der Waals surface area contributed by atoms with Gasteiger partial charge in [-0.1, -0.05) is 24.3 Å². The number of alkyl halides is 3. The summed E-state index contributed by atoms with van der Waals surface area (Å²) in [5.41, 5.74) is 0.937. The summed E-state index contributed by atoms with van der Waals surface area (Å²) in [6, 6.07) is 11.8. The minimum absolute atomic E-state index is 0.306. The van der Waals surface area contributed by atoms with E-state index in [9.17, 15) is 22.4 Å². The number of hydrogen-bond acceptors (Lipinski definition) is 2. The van der Waals surface area contributed by atoms with Gasteiger partial charge < -0.3 is 5.32 Å². The molecule has 0 saturated heterocycles. The van der Waals surface area contributed by atoms with Crippen molar-refractivity contribution < 1.29 is 22.4 Å². The van der Waals surface area contributed by atoms with Crippen molar-refractivity contribution >= 4 is 29.4 Å². The number of nitrogens with one attached hydrogen (secondary N) is 1. The average Bonchev–Trinajstić information content (AvgIpc) is 2.53. The lowest BCUT2D eigenvalue weighted by Crippen LogP contribution is -2.12. The molecule has 24 heavy (non-hydrogen) atoms. The van der Waals surface area contributed by atoms with Crippen LogP contribution in [0.4, 0.5) is 23.2 Å². The molecule has 1 amide bonds. The fraction of sp³-hybridized carbons (Fsp3) is 0.118. The average molecular weight is 355 g/mol. The van der Waals surface area contributed by atoms with Crippen LogP contribution in [0.3, 0.4) is 0 Å². The zero-order chi connectivity index (χ0) is 17.6. The van der Waals surface area contributed by atoms with Crippen molar-refractivity contribution in [3.63, 3.8) is 0 Å². The highest BCUT2D eigenvalue weighted by Crippen LogP contribution is 2.32. The summed E-state index contributed by atoms with van der Waals surface area (Å²) < 4.78 is 49.8. The van der Waals surface area contributed by atoms with E-state index in [1.807, 2.05) is 0 Å². The Hall–Kier alpha value is -2.28. The Morgan fingerprint density at radius 3 is 2.42 bits per heavy atom. The molecule has 0 aliphatic rings. The molecule has 0 spiro atoms. The van der Waals surface area contributed by atoms with Crippen LogP contribution in [0.25, 0.3) is 6.08 Å². The Morgan fingerprint density at radius 2 is 1.75 bits per heavy atom. The number of carbonyl (C=O) groups excluding carboxylic acids is 1. The lowest BCUT2D eigenvalue weighted by Gasteiger charge is -2.10. The number of thioether (sulfide) groups is 1. The van der Waals surface area contributed by atoms with Crippen molar-refractivity contribution in [2.45, 2.75) is 11.1 Å². The number of benzene rings is 2. The molecule has 7 heteroatoms. The Morgan fingerprint density at radius 1 is 1.08 bits per heavy atom. The second kappa shape index (κ2) is 8.01. The van der Waals surface area contributed by atoms with Crippen molar-refractivity contribution in [3.8, 4) is 0 Å². The van der Waals surface area contributed by atoms with Crippen LogP contribution >= 0.6 is 11.8 Å². The number of amides is 1. The highest BCUT2D eigenvalue weighted by Gasteiger charge is 2.27. The van der Waals surface area contributed by atoms with E-state index < -0.39 is 17.8 Å². The topological polar surface area (TPSA) is 29.1 Å². The molecule has 2 aromatic carbocycles. The molecule has 0 heterocycles. The van der Waals surface area contributed by atoms with Gasteiger partial charge in [-0.15, -0.1) is 11.8 Å². The van der Waals surface area contributed by atoms with Gasteiger partial charge in [0.2, 0.25) is 5.91 Å². The molecule has 0 atom stereocenters. The van der Waals surface area contributed by atoms with Gasteiger partial charge in [0.25, 0.3) is 0 Å². The second-order valence-electron chi connectivity index (χ2n) is 4.77. The van der Waals surface area contributed by atoms with E-state index in [1.165, 1.54) is 48.6 Å². The Kier molecular flexibility index (Phi) is 6.03. The standard InChI is InChI=1S/C17H13F4NOS/c18-13-8-5-12(6-9-13)7-10-16(23)22-14-3-1-2-4-15(14)24-11-17(19,20)21/h1-10H,11H2,(H,22,23)/b10-7+. The Balaban J connectivity index is 2.02. The minimum Gasteiger partial charge on any atom is -0.321 e. The maximum absolute atomic E-state index is 12.8. The van der Waals surface area contributed by atoms with Crippen LogP contribution in [0.2, 0.25) is 0 Å². The minimum atomic E-state index is -4.29. The van der Waals surface area contributed by atoms with Crippen LogP contribution in [-0.2, 0) is 4.79 Å². The van der Waals surface area contributed by atoms with Crippen LogP contribution in [0.1, 0.15) is 5.56 Å². The van der Waals surface area contributed by atoms with Crippen molar-refractivity contribution in [2.24, 2.45) is 0 Å². The first-order valence-electron chi connectivity index (χ1n) is 6.87. The molecule has 0 aromatic heterocycles. The summed E-state index contributed by atoms with van der Waals surface area (Å²) >= 11 is 0.607. The molecule has 0 saturated carbocycles. The van der Waals surface area contributed by atoms with Gasteiger partial charge in [-0.25, -0.2) is 4.39 Å². The van der Waals surface area contributed by atoms with E-state index in [2.05, 4.69) is 5.32 Å². The molecule has 0 unspecified atom stereocenters. The fourth-order valence-corrected chi connectivity index (χ4v) is 2.54. The Labute approximate surface area is 140 Å². The molecular weight excluding hydrogens is 342 g/mol. The predicted molar refractivity (Wildman–Crippen MR) is 87.3 cm³/mol. The third-order valence-electron chi connectivity index (χ3n) is 2.83. The van der Waals surface area contributed by atoms with E-state index in [0.29, 0.717) is 27.9 Å². The highest BCUT2D eigenvalue weighted by atomic mass is 32.2. The van der Waals surface area contributed by atoms with Gasteiger partial charge in [0.15, 0.2) is 0 Å². The van der Waals surface area contributed by atoms with E-state index in [1.54, 1.807) is 12.1 Å². The maximum atomic E-state index is 12.8. The van der Waals surface area contributed by atoms with Gasteiger partial charge in [-0.2, -0.15) is 13.2 Å². The molecule has 1 N–H and O–H groups in total. The number of hydrogen-bond donors (Lipinski definition) is 1. The lowest BCUT2D eigenvalue weighted by atomic mass is 10.2. The van der Waals surface area contributed by atoms with Crippen molar-refractivity contribution in [2.75, 3.05) is 11.1 Å². The van der Waals surface area contributed by atoms with Gasteiger partial charge in [-0.05, 0) is 35.9 Å². The molecule has 0 aliphatic carbocycles. The molecule has 0 aliphatic heterocycles. The first-order valence-corrected chi connectivity index (χ1v) is 7.85. The molecule has 2 nitrogen and oxygen atoms in total. The molecule has 0 fully saturated rings. The quantitative estimate of drug-likeness (QED) is 0.458. The van der Waals surface area contributed by atoms with Gasteiger partial charge in [0.1, 0.15) is 5.82 Å². The summed E-state index contributed by atoms with van der Waals surface area (Å²) in [4.78, 5) is 12.2. The number of rotatable bonds is 5. The summed E-state index contributed by atoms with van der Waals surface area (Å²) in [5, 5.41) is 2.54. The van der Waals surface area contributed by atoms with Crippen LogP contribution in [0.5, 0.6) is 0 Å². The molecular formula is C17H13F4NOS. The summed E-state index contributed by atoms with van der Waals surface area (Å²) in [6.07, 6.45) is -1.57. The van der Waals surface area contributed by atoms with Gasteiger partial charge in [0.05, 0.1) is 11.4 Å². The number of carbonyl (C=O) groups is 1. The summed E-state index contributed by atoms with van der Waals surface area (Å²) in [5.74, 6) is -1.91. The zero-order valence-corrected chi connectivity index (χ0v) is 13.1. The second-order valence-corrected chi connectivity index (χ2v) is 5.79. The number of para-hydroxylation sites is 1. The third kappa shape index (κ3) is 6.08. The van der Waals surface area contributed by atoms with Crippen molar-refractivity contribution in [1.29, 1.82) is 0 Å². The Bertz CT molecular complexity index is 726. The normalized spacial score (nSPS) is 11.7. The molecule has 0 radical (unpaired) electrons. The molecule has 2 rings (SSSR count). The van der Waals surface area contributed by atoms with Crippen LogP contribution < -0.4 is 5.32 Å². The van der Waals surface area contributed by atoms with Crippen LogP contribution in [0.15, 0.2) is 59.5 Å². The molecule has 126 valence electrons. The number of anilines is 1. The summed E-state index contributed by atoms with van der Waals surface area (Å²) in [6.45, 7) is 0. The molecule has 0 bridgehead atoms.